The van der Waals surface area contributed by atoms with Crippen molar-refractivity contribution in [2.75, 3.05) is 0 Å². The molecule has 0 unspecified atom stereocenters. The zero-order valence-electron chi connectivity index (χ0n) is 14.9. The number of nitrogens with zero attached hydrogens (tertiary/aromatic N) is 2. The minimum Gasteiger partial charge on any atom is -0.456 e. The minimum atomic E-state index is 0.829. The largest absolute Gasteiger partial charge is 0.456 e. The molecule has 2 aromatic carbocycles. The van der Waals surface area contributed by atoms with Gasteiger partial charge in [0.1, 0.15) is 11.5 Å². The van der Waals surface area contributed by atoms with E-state index >= 15 is 0 Å². The second kappa shape index (κ2) is 5.85. The summed E-state index contributed by atoms with van der Waals surface area (Å²) < 4.78 is 6.37. The first-order valence-corrected chi connectivity index (χ1v) is 8.43. The monoisotopic (exact) mass is 328 g/mol. The van der Waals surface area contributed by atoms with Crippen LogP contribution in [0.25, 0.3) is 21.8 Å². The van der Waals surface area contributed by atoms with Gasteiger partial charge in [0.25, 0.3) is 0 Å². The third kappa shape index (κ3) is 2.72. The number of fused-ring (bicyclic) bond motifs is 2. The van der Waals surface area contributed by atoms with Gasteiger partial charge in [0.2, 0.25) is 0 Å². The molecule has 3 nitrogen and oxygen atoms in total. The van der Waals surface area contributed by atoms with E-state index in [0.29, 0.717) is 0 Å². The molecule has 0 spiro atoms. The van der Waals surface area contributed by atoms with Crippen molar-refractivity contribution >= 4 is 21.8 Å². The number of ether oxygens (including phenoxy) is 1. The number of hydrogen-bond donors (Lipinski definition) is 0. The molecule has 4 rings (SSSR count). The number of aryl methyl sites for hydroxylation is 4. The zero-order chi connectivity index (χ0) is 17.6. The normalized spacial score (nSPS) is 11.2. The Morgan fingerprint density at radius 2 is 1.08 bits per heavy atom. The van der Waals surface area contributed by atoms with Gasteiger partial charge >= 0.3 is 0 Å². The van der Waals surface area contributed by atoms with Gasteiger partial charge in [-0.25, -0.2) is 0 Å². The third-order valence-corrected chi connectivity index (χ3v) is 4.51. The Hall–Kier alpha value is -2.94. The van der Waals surface area contributed by atoms with E-state index in [9.17, 15) is 0 Å². The molecular weight excluding hydrogens is 308 g/mol. The molecule has 0 fully saturated rings. The van der Waals surface area contributed by atoms with E-state index in [1.54, 1.807) is 12.4 Å². The number of hydrogen-bond acceptors (Lipinski definition) is 3. The van der Waals surface area contributed by atoms with Crippen LogP contribution in [0.4, 0.5) is 0 Å². The highest BCUT2D eigenvalue weighted by atomic mass is 16.5. The van der Waals surface area contributed by atoms with Gasteiger partial charge in [-0.15, -0.1) is 0 Å². The maximum atomic E-state index is 6.37. The molecular formula is C22H20N2O. The van der Waals surface area contributed by atoms with Crippen molar-refractivity contribution in [3.63, 3.8) is 0 Å². The number of aromatic nitrogens is 2. The summed E-state index contributed by atoms with van der Waals surface area (Å²) in [6.45, 7) is 8.37. The summed E-state index contributed by atoms with van der Waals surface area (Å²) in [6.07, 6.45) is 3.61. The van der Waals surface area contributed by atoms with Gasteiger partial charge in [-0.05, 0) is 74.2 Å². The Labute approximate surface area is 147 Å². The molecule has 0 aliphatic rings. The lowest BCUT2D eigenvalue weighted by Crippen LogP contribution is -1.94. The lowest BCUT2D eigenvalue weighted by molar-refractivity contribution is 0.493. The van der Waals surface area contributed by atoms with E-state index in [1.165, 1.54) is 22.3 Å². The summed E-state index contributed by atoms with van der Waals surface area (Å²) in [5, 5.41) is 2.12. The smallest absolute Gasteiger partial charge is 0.138 e. The molecule has 0 bridgehead atoms. The molecule has 0 saturated carbocycles. The molecule has 25 heavy (non-hydrogen) atoms. The second-order valence-electron chi connectivity index (χ2n) is 6.67. The molecule has 3 heteroatoms. The number of pyridine rings is 2. The Morgan fingerprint density at radius 3 is 1.52 bits per heavy atom. The van der Waals surface area contributed by atoms with Crippen molar-refractivity contribution in [1.29, 1.82) is 0 Å². The van der Waals surface area contributed by atoms with Crippen molar-refractivity contribution in [3.05, 3.63) is 71.0 Å². The quantitative estimate of drug-likeness (QED) is 0.466. The molecule has 2 aromatic heterocycles. The molecule has 4 aromatic rings. The van der Waals surface area contributed by atoms with Crippen molar-refractivity contribution in [1.82, 2.24) is 9.97 Å². The molecule has 0 amide bonds. The Balaban J connectivity index is 1.92. The summed E-state index contributed by atoms with van der Waals surface area (Å²) in [5.74, 6) is 1.66. The first kappa shape index (κ1) is 15.6. The van der Waals surface area contributed by atoms with Gasteiger partial charge < -0.3 is 4.74 Å². The first-order chi connectivity index (χ1) is 12.0. The first-order valence-electron chi connectivity index (χ1n) is 8.43. The minimum absolute atomic E-state index is 0.829. The van der Waals surface area contributed by atoms with Gasteiger partial charge in [0.15, 0.2) is 0 Å². The van der Waals surface area contributed by atoms with Crippen molar-refractivity contribution in [2.24, 2.45) is 0 Å². The van der Waals surface area contributed by atoms with Gasteiger partial charge in [-0.3, -0.25) is 9.97 Å². The highest BCUT2D eigenvalue weighted by molar-refractivity contribution is 5.91. The molecule has 0 N–H and O–H groups in total. The van der Waals surface area contributed by atoms with Gasteiger partial charge in [0, 0.05) is 23.2 Å². The summed E-state index contributed by atoms with van der Waals surface area (Å²) in [5.41, 5.74) is 6.67. The van der Waals surface area contributed by atoms with Crippen LogP contribution in [0.5, 0.6) is 11.5 Å². The lowest BCUT2D eigenvalue weighted by atomic mass is 10.0. The molecule has 0 radical (unpaired) electrons. The number of rotatable bonds is 2. The van der Waals surface area contributed by atoms with Crippen LogP contribution in [0, 0.1) is 27.7 Å². The fourth-order valence-corrected chi connectivity index (χ4v) is 3.56. The maximum absolute atomic E-state index is 6.37. The average molecular weight is 328 g/mol. The fourth-order valence-electron chi connectivity index (χ4n) is 3.56. The third-order valence-electron chi connectivity index (χ3n) is 4.51. The van der Waals surface area contributed by atoms with Crippen LogP contribution in [-0.4, -0.2) is 9.97 Å². The van der Waals surface area contributed by atoms with Gasteiger partial charge in [-0.1, -0.05) is 12.1 Å². The fraction of sp³-hybridized carbons (Fsp3) is 0.182. The van der Waals surface area contributed by atoms with Crippen LogP contribution < -0.4 is 4.74 Å². The predicted octanol–water partition coefficient (Wildman–Crippen LogP) is 5.81. The maximum Gasteiger partial charge on any atom is 0.138 e. The van der Waals surface area contributed by atoms with E-state index < -0.39 is 0 Å². The van der Waals surface area contributed by atoms with Crippen LogP contribution in [-0.2, 0) is 0 Å². The Kier molecular flexibility index (Phi) is 3.65. The van der Waals surface area contributed by atoms with E-state index in [1.807, 2.05) is 12.1 Å². The summed E-state index contributed by atoms with van der Waals surface area (Å²) >= 11 is 0. The van der Waals surface area contributed by atoms with Crippen LogP contribution >= 0.6 is 0 Å². The van der Waals surface area contributed by atoms with Crippen LogP contribution in [0.15, 0.2) is 48.8 Å². The summed E-state index contributed by atoms with van der Waals surface area (Å²) in [7, 11) is 0. The second-order valence-corrected chi connectivity index (χ2v) is 6.67. The Morgan fingerprint density at radius 1 is 0.640 bits per heavy atom. The molecule has 0 aliphatic heterocycles. The van der Waals surface area contributed by atoms with Gasteiger partial charge in [-0.2, -0.15) is 0 Å². The molecule has 0 aliphatic carbocycles. The van der Waals surface area contributed by atoms with Crippen molar-refractivity contribution in [3.8, 4) is 11.5 Å². The average Bonchev–Trinajstić information content (AvgIpc) is 2.54. The van der Waals surface area contributed by atoms with E-state index in [4.69, 9.17) is 4.74 Å². The van der Waals surface area contributed by atoms with Crippen LogP contribution in [0.1, 0.15) is 22.3 Å². The van der Waals surface area contributed by atoms with E-state index in [-0.39, 0.29) is 0 Å². The highest BCUT2D eigenvalue weighted by Gasteiger charge is 2.12. The molecule has 124 valence electrons. The van der Waals surface area contributed by atoms with Crippen LogP contribution in [0.2, 0.25) is 0 Å². The van der Waals surface area contributed by atoms with E-state index in [0.717, 1.165) is 33.3 Å². The van der Waals surface area contributed by atoms with E-state index in [2.05, 4.69) is 61.9 Å². The number of benzene rings is 2. The Bertz CT molecular complexity index is 1030. The zero-order valence-corrected chi connectivity index (χ0v) is 14.9. The summed E-state index contributed by atoms with van der Waals surface area (Å²) in [4.78, 5) is 9.01. The molecule has 0 atom stereocenters. The van der Waals surface area contributed by atoms with Crippen LogP contribution in [0.3, 0.4) is 0 Å². The molecule has 0 saturated heterocycles. The lowest BCUT2D eigenvalue weighted by Gasteiger charge is -2.14. The highest BCUT2D eigenvalue weighted by Crippen LogP contribution is 2.36. The van der Waals surface area contributed by atoms with Gasteiger partial charge in [0.05, 0.1) is 11.0 Å². The van der Waals surface area contributed by atoms with Crippen molar-refractivity contribution in [2.45, 2.75) is 27.7 Å². The molecule has 2 heterocycles. The topological polar surface area (TPSA) is 35.0 Å². The SMILES string of the molecule is Cc1cc(C)c2c(Oc3ccnc4cc(C)cc(C)c34)ccnc2c1. The van der Waals surface area contributed by atoms with Crippen molar-refractivity contribution < 1.29 is 4.74 Å². The predicted molar refractivity (Wildman–Crippen MR) is 103 cm³/mol. The standard InChI is InChI=1S/C22H20N2O/c1-13-9-15(3)21-17(11-13)23-7-5-19(21)25-20-6-8-24-18-12-14(2)10-16(4)22(18)20/h5-12H,1-4H3. The summed E-state index contributed by atoms with van der Waals surface area (Å²) in [6, 6.07) is 12.4.